The molecule has 1 unspecified atom stereocenters. The number of ether oxygens (including phenoxy) is 3. The van der Waals surface area contributed by atoms with Crippen LogP contribution in [0, 0.1) is 0 Å². The Hall–Kier alpha value is -4.45. The number of hydrogen-bond acceptors (Lipinski definition) is 6. The molecule has 1 atom stereocenters. The van der Waals surface area contributed by atoms with E-state index in [1.54, 1.807) is 0 Å². The van der Waals surface area contributed by atoms with Crippen molar-refractivity contribution in [2.24, 2.45) is 0 Å². The van der Waals surface area contributed by atoms with Crippen molar-refractivity contribution in [2.75, 3.05) is 13.2 Å². The Balaban J connectivity index is 4.61. The van der Waals surface area contributed by atoms with E-state index in [0.717, 1.165) is 57.8 Å². The van der Waals surface area contributed by atoms with E-state index in [1.165, 1.54) is 64.2 Å². The largest absolute Gasteiger partial charge is 0.462 e. The number of esters is 3. The monoisotopic (exact) mass is 841 g/mol. The highest BCUT2D eigenvalue weighted by atomic mass is 16.6. The summed E-state index contributed by atoms with van der Waals surface area (Å²) in [7, 11) is 0. The van der Waals surface area contributed by atoms with Crippen LogP contribution in [0.5, 0.6) is 0 Å². The Kier molecular flexibility index (Phi) is 44.7. The van der Waals surface area contributed by atoms with Gasteiger partial charge < -0.3 is 14.2 Å². The van der Waals surface area contributed by atoms with Crippen molar-refractivity contribution in [3.63, 3.8) is 0 Å². The summed E-state index contributed by atoms with van der Waals surface area (Å²) in [6.07, 6.45) is 67.2. The number of carbonyl (C=O) groups is 3. The first-order valence-corrected chi connectivity index (χ1v) is 23.8. The fourth-order valence-electron chi connectivity index (χ4n) is 5.91. The van der Waals surface area contributed by atoms with E-state index in [4.69, 9.17) is 14.2 Å². The first kappa shape index (κ1) is 56.5. The summed E-state index contributed by atoms with van der Waals surface area (Å²) in [5.74, 6) is -1.06. The lowest BCUT2D eigenvalue weighted by Gasteiger charge is -2.18. The van der Waals surface area contributed by atoms with E-state index in [1.807, 2.05) is 115 Å². The molecule has 0 rings (SSSR count). The van der Waals surface area contributed by atoms with E-state index >= 15 is 0 Å². The number of hydrogen-bond donors (Lipinski definition) is 0. The van der Waals surface area contributed by atoms with Gasteiger partial charge in [0.05, 0.1) is 0 Å². The smallest absolute Gasteiger partial charge is 0.306 e. The van der Waals surface area contributed by atoms with Crippen LogP contribution in [0.4, 0.5) is 0 Å². The standard InChI is InChI=1S/C55H84O6/c1-4-7-10-13-16-19-22-25-26-27-28-31-33-36-39-42-45-48-54(57)60-51-52(61-55(58)49-46-43-40-37-34-30-24-21-18-15-12-9-6-3)50-59-53(56)47-44-41-38-35-32-29-23-20-17-14-11-8-5-2/h7,9-10,12-13,15-16,18-19,21-22,24-28,30-31,33-34,37,40,52H,4-6,8,11,14,17,20,23,29,32,35-36,38-39,41-51H2,1-3H3/b10-7-,12-9-,16-13-,18-15-,22-19-,24-21-,26-25-,28-27+,33-31-,34-30-,40-37-. The third kappa shape index (κ3) is 46.5. The quantitative estimate of drug-likeness (QED) is 0.0265. The Morgan fingerprint density at radius 1 is 0.344 bits per heavy atom. The van der Waals surface area contributed by atoms with Gasteiger partial charge in [-0.05, 0) is 51.4 Å². The van der Waals surface area contributed by atoms with E-state index in [9.17, 15) is 14.4 Å². The molecule has 0 aromatic rings. The van der Waals surface area contributed by atoms with Crippen LogP contribution in [0.3, 0.4) is 0 Å². The molecule has 6 heteroatoms. The molecule has 6 nitrogen and oxygen atoms in total. The van der Waals surface area contributed by atoms with E-state index in [0.29, 0.717) is 19.3 Å². The number of allylic oxidation sites excluding steroid dienone is 22. The summed E-state index contributed by atoms with van der Waals surface area (Å²) in [4.78, 5) is 37.8. The van der Waals surface area contributed by atoms with Crippen LogP contribution >= 0.6 is 0 Å². The molecule has 0 aromatic heterocycles. The topological polar surface area (TPSA) is 78.9 Å². The average molecular weight is 841 g/mol. The second-order valence-corrected chi connectivity index (χ2v) is 15.2. The Morgan fingerprint density at radius 3 is 1.05 bits per heavy atom. The molecule has 0 bridgehead atoms. The number of unbranched alkanes of at least 4 members (excludes halogenated alkanes) is 16. The van der Waals surface area contributed by atoms with Crippen molar-refractivity contribution in [2.45, 2.75) is 181 Å². The second-order valence-electron chi connectivity index (χ2n) is 15.2. The van der Waals surface area contributed by atoms with E-state index < -0.39 is 12.1 Å². The molecule has 0 radical (unpaired) electrons. The molecule has 61 heavy (non-hydrogen) atoms. The van der Waals surface area contributed by atoms with Crippen molar-refractivity contribution in [3.8, 4) is 0 Å². The first-order valence-electron chi connectivity index (χ1n) is 23.8. The molecule has 0 saturated carbocycles. The lowest BCUT2D eigenvalue weighted by Crippen LogP contribution is -2.30. The fraction of sp³-hybridized carbons (Fsp3) is 0.545. The van der Waals surface area contributed by atoms with Crippen molar-refractivity contribution in [1.82, 2.24) is 0 Å². The lowest BCUT2D eigenvalue weighted by atomic mass is 10.0. The van der Waals surface area contributed by atoms with Crippen LogP contribution in [0.1, 0.15) is 175 Å². The number of carbonyl (C=O) groups excluding carboxylic acids is 3. The molecule has 0 fully saturated rings. The molecule has 0 aliphatic heterocycles. The van der Waals surface area contributed by atoms with Gasteiger partial charge in [-0.15, -0.1) is 0 Å². The highest BCUT2D eigenvalue weighted by Gasteiger charge is 2.19. The summed E-state index contributed by atoms with van der Waals surface area (Å²) < 4.78 is 16.6. The minimum Gasteiger partial charge on any atom is -0.462 e. The molecule has 340 valence electrons. The van der Waals surface area contributed by atoms with Gasteiger partial charge in [0.2, 0.25) is 0 Å². The normalized spacial score (nSPS) is 13.3. The summed E-state index contributed by atoms with van der Waals surface area (Å²) in [6, 6.07) is 0. The van der Waals surface area contributed by atoms with Gasteiger partial charge in [0, 0.05) is 19.3 Å². The Bertz CT molecular complexity index is 1380. The first-order chi connectivity index (χ1) is 30.0. The van der Waals surface area contributed by atoms with Gasteiger partial charge in [0.15, 0.2) is 6.10 Å². The highest BCUT2D eigenvalue weighted by molar-refractivity contribution is 5.71. The molecule has 0 N–H and O–H groups in total. The lowest BCUT2D eigenvalue weighted by molar-refractivity contribution is -0.167. The van der Waals surface area contributed by atoms with Gasteiger partial charge >= 0.3 is 17.9 Å². The zero-order valence-electron chi connectivity index (χ0n) is 38.6. The maximum atomic E-state index is 12.7. The Labute approximate surface area is 373 Å². The van der Waals surface area contributed by atoms with Crippen LogP contribution in [-0.2, 0) is 28.6 Å². The minimum absolute atomic E-state index is 0.125. The third-order valence-electron chi connectivity index (χ3n) is 9.44. The van der Waals surface area contributed by atoms with Crippen molar-refractivity contribution in [1.29, 1.82) is 0 Å². The van der Waals surface area contributed by atoms with Gasteiger partial charge in [-0.25, -0.2) is 0 Å². The molecule has 0 spiro atoms. The summed E-state index contributed by atoms with van der Waals surface area (Å²) in [5, 5.41) is 0. The third-order valence-corrected chi connectivity index (χ3v) is 9.44. The molecule has 0 heterocycles. The van der Waals surface area contributed by atoms with Crippen molar-refractivity contribution in [3.05, 3.63) is 134 Å². The van der Waals surface area contributed by atoms with Crippen LogP contribution < -0.4 is 0 Å². The zero-order valence-corrected chi connectivity index (χ0v) is 38.6. The Morgan fingerprint density at radius 2 is 0.656 bits per heavy atom. The van der Waals surface area contributed by atoms with Gasteiger partial charge in [0.1, 0.15) is 13.2 Å². The summed E-state index contributed by atoms with van der Waals surface area (Å²) in [5.41, 5.74) is 0. The molecule has 0 aliphatic carbocycles. The van der Waals surface area contributed by atoms with Gasteiger partial charge in [-0.3, -0.25) is 14.4 Å². The highest BCUT2D eigenvalue weighted by Crippen LogP contribution is 2.14. The second kappa shape index (κ2) is 48.2. The maximum Gasteiger partial charge on any atom is 0.306 e. The molecule has 0 amide bonds. The van der Waals surface area contributed by atoms with Crippen LogP contribution in [0.25, 0.3) is 0 Å². The fourth-order valence-corrected chi connectivity index (χ4v) is 5.91. The van der Waals surface area contributed by atoms with Crippen molar-refractivity contribution < 1.29 is 28.6 Å². The van der Waals surface area contributed by atoms with Crippen LogP contribution in [0.15, 0.2) is 134 Å². The predicted molar refractivity (Wildman–Crippen MR) is 260 cm³/mol. The minimum atomic E-state index is -0.835. The van der Waals surface area contributed by atoms with Crippen molar-refractivity contribution >= 4 is 17.9 Å². The average Bonchev–Trinajstić information content (AvgIpc) is 3.26. The zero-order chi connectivity index (χ0) is 44.4. The van der Waals surface area contributed by atoms with Crippen LogP contribution in [0.2, 0.25) is 0 Å². The van der Waals surface area contributed by atoms with Crippen LogP contribution in [-0.4, -0.2) is 37.2 Å². The molecular weight excluding hydrogens is 757 g/mol. The molecular formula is C55H84O6. The van der Waals surface area contributed by atoms with Gasteiger partial charge in [0.25, 0.3) is 0 Å². The predicted octanol–water partition coefficient (Wildman–Crippen LogP) is 15.5. The van der Waals surface area contributed by atoms with E-state index in [-0.39, 0.29) is 38.0 Å². The van der Waals surface area contributed by atoms with E-state index in [2.05, 4.69) is 39.0 Å². The number of rotatable bonds is 40. The molecule has 0 saturated heterocycles. The molecule has 0 aromatic carbocycles. The maximum absolute atomic E-state index is 12.7. The summed E-state index contributed by atoms with van der Waals surface area (Å²) in [6.45, 7) is 6.21. The SMILES string of the molecule is CC\C=C/C=C\C=C/C=C\C=C/CCCC(=O)OC(COC(=O)CCCCC\C=C/C=C/C=C\C=C/C=C\C=C/CC)COC(=O)CCCCCCCCCCCCCCC. The van der Waals surface area contributed by atoms with Gasteiger partial charge in [-0.2, -0.15) is 0 Å². The van der Waals surface area contributed by atoms with Gasteiger partial charge in [-0.1, -0.05) is 238 Å². The molecule has 0 aliphatic rings. The summed E-state index contributed by atoms with van der Waals surface area (Å²) >= 11 is 0.